The molecule has 0 aliphatic carbocycles. The summed E-state index contributed by atoms with van der Waals surface area (Å²) in [4.78, 5) is 18.0. The van der Waals surface area contributed by atoms with Gasteiger partial charge < -0.3 is 9.64 Å². The van der Waals surface area contributed by atoms with E-state index in [1.54, 1.807) is 0 Å². The van der Waals surface area contributed by atoms with Crippen molar-refractivity contribution in [3.63, 3.8) is 0 Å². The van der Waals surface area contributed by atoms with Gasteiger partial charge >= 0.3 is 0 Å². The number of benzene rings is 1. The lowest BCUT2D eigenvalue weighted by Gasteiger charge is -2.36. The number of amides is 1. The fraction of sp³-hybridized carbons (Fsp3) is 0.667. The van der Waals surface area contributed by atoms with Crippen LogP contribution >= 0.6 is 0 Å². The van der Waals surface area contributed by atoms with Gasteiger partial charge in [0.2, 0.25) is 5.91 Å². The molecule has 3 aliphatic rings. The molecule has 3 saturated heterocycles. The first-order valence-corrected chi connectivity index (χ1v) is 9.56. The molecule has 0 N–H and O–H groups in total. The van der Waals surface area contributed by atoms with Crippen molar-refractivity contribution in [3.8, 4) is 0 Å². The Morgan fingerprint density at radius 1 is 1.16 bits per heavy atom. The van der Waals surface area contributed by atoms with Crippen LogP contribution in [-0.4, -0.2) is 47.2 Å². The van der Waals surface area contributed by atoms with Gasteiger partial charge in [0.05, 0.1) is 18.1 Å². The number of rotatable bonds is 3. The molecule has 1 aromatic carbocycles. The van der Waals surface area contributed by atoms with Crippen LogP contribution in [0.5, 0.6) is 0 Å². The largest absolute Gasteiger partial charge is 0.353 e. The Kier molecular flexibility index (Phi) is 3.79. The molecule has 0 bridgehead atoms. The predicted octanol–water partition coefficient (Wildman–Crippen LogP) is 3.30. The third-order valence-electron chi connectivity index (χ3n) is 7.03. The number of nitrogens with zero attached hydrogens (tertiary/aromatic N) is 2. The molecule has 5 atom stereocenters. The smallest absolute Gasteiger partial charge is 0.232 e. The zero-order valence-corrected chi connectivity index (χ0v) is 16.0. The minimum atomic E-state index is -0.452. The molecule has 1 amide bonds. The maximum absolute atomic E-state index is 13.4. The first-order chi connectivity index (χ1) is 11.8. The summed E-state index contributed by atoms with van der Waals surface area (Å²) in [6.45, 7) is 13.3. The highest BCUT2D eigenvalue weighted by Gasteiger charge is 2.70. The maximum Gasteiger partial charge on any atom is 0.232 e. The molecule has 3 fully saturated rings. The first kappa shape index (κ1) is 17.0. The number of hydrogen-bond acceptors (Lipinski definition) is 3. The number of carbonyl (C=O) groups excluding carboxylic acids is 1. The average Bonchev–Trinajstić information content (AvgIpc) is 3.17. The Morgan fingerprint density at radius 2 is 1.84 bits per heavy atom. The van der Waals surface area contributed by atoms with E-state index in [1.807, 2.05) is 0 Å². The lowest BCUT2D eigenvalue weighted by molar-refractivity contribution is -0.143. The summed E-state index contributed by atoms with van der Waals surface area (Å²) < 4.78 is 6.30. The molecule has 136 valence electrons. The molecule has 4 rings (SSSR count). The highest BCUT2D eigenvalue weighted by Crippen LogP contribution is 2.57. The number of fused-ring (bicyclic) bond motifs is 3. The minimum absolute atomic E-state index is 0.208. The predicted molar refractivity (Wildman–Crippen MR) is 97.9 cm³/mol. The van der Waals surface area contributed by atoms with Crippen LogP contribution in [0.2, 0.25) is 0 Å². The van der Waals surface area contributed by atoms with E-state index in [0.29, 0.717) is 24.5 Å². The van der Waals surface area contributed by atoms with Crippen LogP contribution < -0.4 is 0 Å². The van der Waals surface area contributed by atoms with Crippen molar-refractivity contribution >= 4 is 5.91 Å². The molecule has 4 heteroatoms. The second kappa shape index (κ2) is 5.55. The first-order valence-electron chi connectivity index (χ1n) is 9.56. The quantitative estimate of drug-likeness (QED) is 0.845. The third-order valence-corrected chi connectivity index (χ3v) is 7.03. The summed E-state index contributed by atoms with van der Waals surface area (Å²) in [5.41, 5.74) is 0.519. The fourth-order valence-electron chi connectivity index (χ4n) is 5.36. The normalized spacial score (nSPS) is 39.1. The molecule has 0 saturated carbocycles. The van der Waals surface area contributed by atoms with Crippen molar-refractivity contribution in [2.75, 3.05) is 19.7 Å². The monoisotopic (exact) mass is 342 g/mol. The summed E-state index contributed by atoms with van der Waals surface area (Å²) in [7, 11) is 0. The van der Waals surface area contributed by atoms with Crippen molar-refractivity contribution in [2.24, 2.45) is 17.3 Å². The summed E-state index contributed by atoms with van der Waals surface area (Å²) in [6, 6.07) is 11.1. The highest BCUT2D eigenvalue weighted by atomic mass is 16.5. The van der Waals surface area contributed by atoms with E-state index < -0.39 is 5.72 Å². The molecular weight excluding hydrogens is 312 g/mol. The SMILES string of the molecule is CC(C)[C@H]1CO[C@]2(C)[C@@H]3CN([C@H](C)c4ccccc4)C[C@]3(C)C(=O)N12. The third kappa shape index (κ3) is 2.23. The second-order valence-corrected chi connectivity index (χ2v) is 8.84. The Balaban J connectivity index is 1.63. The van der Waals surface area contributed by atoms with Crippen LogP contribution in [0.25, 0.3) is 0 Å². The van der Waals surface area contributed by atoms with Gasteiger partial charge in [-0.15, -0.1) is 0 Å². The van der Waals surface area contributed by atoms with Crippen LogP contribution in [0.4, 0.5) is 0 Å². The molecular formula is C21H30N2O2. The van der Waals surface area contributed by atoms with Crippen molar-refractivity contribution < 1.29 is 9.53 Å². The van der Waals surface area contributed by atoms with Crippen LogP contribution in [0.15, 0.2) is 30.3 Å². The molecule has 0 radical (unpaired) electrons. The Labute approximate surface area is 151 Å². The standard InChI is InChI=1S/C21H30N2O2/c1-14(2)17-12-25-21(5)18-11-22(13-20(18,4)19(24)23(17)21)15(3)16-9-7-6-8-10-16/h6-10,14-15,17-18H,11-13H2,1-5H3/t15-,17-,18-,20+,21-/m1/s1. The average molecular weight is 342 g/mol. The van der Waals surface area contributed by atoms with Crippen LogP contribution in [-0.2, 0) is 9.53 Å². The minimum Gasteiger partial charge on any atom is -0.353 e. The number of likely N-dealkylation sites (tertiary alicyclic amines) is 1. The Bertz CT molecular complexity index is 676. The van der Waals surface area contributed by atoms with Crippen LogP contribution in [0.1, 0.15) is 46.2 Å². The molecule has 4 nitrogen and oxygen atoms in total. The topological polar surface area (TPSA) is 32.8 Å². The van der Waals surface area contributed by atoms with Gasteiger partial charge in [-0.2, -0.15) is 0 Å². The van der Waals surface area contributed by atoms with Gasteiger partial charge in [-0.25, -0.2) is 0 Å². The van der Waals surface area contributed by atoms with Crippen LogP contribution in [0, 0.1) is 17.3 Å². The molecule has 0 spiro atoms. The molecule has 1 aromatic rings. The van der Waals surface area contributed by atoms with E-state index in [4.69, 9.17) is 4.74 Å². The second-order valence-electron chi connectivity index (χ2n) is 8.84. The summed E-state index contributed by atoms with van der Waals surface area (Å²) in [5.74, 6) is 0.939. The zero-order valence-electron chi connectivity index (χ0n) is 16.0. The van der Waals surface area contributed by atoms with Crippen molar-refractivity contribution in [3.05, 3.63) is 35.9 Å². The lowest BCUT2D eigenvalue weighted by atomic mass is 9.78. The van der Waals surface area contributed by atoms with Crippen molar-refractivity contribution in [2.45, 2.75) is 52.4 Å². The summed E-state index contributed by atoms with van der Waals surface area (Å²) in [5, 5.41) is 0. The number of ether oxygens (including phenoxy) is 1. The van der Waals surface area contributed by atoms with E-state index in [2.05, 4.69) is 74.8 Å². The molecule has 0 unspecified atom stereocenters. The van der Waals surface area contributed by atoms with Gasteiger partial charge in [0.25, 0.3) is 0 Å². The highest BCUT2D eigenvalue weighted by molar-refractivity contribution is 5.87. The van der Waals surface area contributed by atoms with Gasteiger partial charge in [0.15, 0.2) is 0 Å². The van der Waals surface area contributed by atoms with Crippen molar-refractivity contribution in [1.29, 1.82) is 0 Å². The zero-order chi connectivity index (χ0) is 18.0. The van der Waals surface area contributed by atoms with Gasteiger partial charge in [-0.3, -0.25) is 9.69 Å². The van der Waals surface area contributed by atoms with Gasteiger partial charge in [0, 0.05) is 25.0 Å². The number of carbonyl (C=O) groups is 1. The molecule has 0 aromatic heterocycles. The van der Waals surface area contributed by atoms with E-state index in [1.165, 1.54) is 5.56 Å². The Morgan fingerprint density at radius 3 is 2.48 bits per heavy atom. The molecule has 3 heterocycles. The fourth-order valence-corrected chi connectivity index (χ4v) is 5.36. The van der Waals surface area contributed by atoms with Crippen molar-refractivity contribution in [1.82, 2.24) is 9.80 Å². The maximum atomic E-state index is 13.4. The Hall–Kier alpha value is -1.39. The molecule has 25 heavy (non-hydrogen) atoms. The molecule has 3 aliphatic heterocycles. The van der Waals surface area contributed by atoms with E-state index in [-0.39, 0.29) is 17.4 Å². The van der Waals surface area contributed by atoms with E-state index in [0.717, 1.165) is 13.1 Å². The van der Waals surface area contributed by atoms with Gasteiger partial charge in [-0.05, 0) is 32.3 Å². The van der Waals surface area contributed by atoms with Gasteiger partial charge in [0.1, 0.15) is 5.72 Å². The van der Waals surface area contributed by atoms with E-state index >= 15 is 0 Å². The summed E-state index contributed by atoms with van der Waals surface area (Å²) in [6.07, 6.45) is 0. The van der Waals surface area contributed by atoms with E-state index in [9.17, 15) is 4.79 Å². The van der Waals surface area contributed by atoms with Gasteiger partial charge in [-0.1, -0.05) is 44.2 Å². The van der Waals surface area contributed by atoms with Crippen LogP contribution in [0.3, 0.4) is 0 Å². The summed E-state index contributed by atoms with van der Waals surface area (Å²) >= 11 is 0. The number of hydrogen-bond donors (Lipinski definition) is 0. The lowest BCUT2D eigenvalue weighted by Crippen LogP contribution is -2.49.